The lowest BCUT2D eigenvalue weighted by Gasteiger charge is -2.39. The van der Waals surface area contributed by atoms with E-state index < -0.39 is 5.91 Å². The van der Waals surface area contributed by atoms with Crippen molar-refractivity contribution in [3.8, 4) is 23.1 Å². The number of pyridine rings is 1. The molecule has 0 saturated carbocycles. The number of aromatic nitrogens is 3. The number of likely N-dealkylation sites (tertiary alicyclic amines) is 1. The fraction of sp³-hybridized carbons (Fsp3) is 0.375. The second-order valence-corrected chi connectivity index (χ2v) is 8.33. The van der Waals surface area contributed by atoms with Crippen LogP contribution in [0.15, 0.2) is 36.8 Å². The molecule has 10 nitrogen and oxygen atoms in total. The number of nitriles is 1. The number of hydrogen-bond acceptors (Lipinski definition) is 7. The number of carbonyl (C=O) groups excluding carboxylic acids is 2. The zero-order valence-corrected chi connectivity index (χ0v) is 19.2. The first-order valence-corrected chi connectivity index (χ1v) is 11.2. The number of carbonyl (C=O) groups is 2. The molecule has 3 N–H and O–H groups in total. The molecule has 34 heavy (non-hydrogen) atoms. The number of nitrogens with two attached hydrogens (primary N) is 1. The lowest BCUT2D eigenvalue weighted by molar-refractivity contribution is -0.132. The van der Waals surface area contributed by atoms with Gasteiger partial charge in [-0.25, -0.2) is 9.50 Å². The van der Waals surface area contributed by atoms with Gasteiger partial charge in [0.1, 0.15) is 6.42 Å². The van der Waals surface area contributed by atoms with Gasteiger partial charge in [-0.3, -0.25) is 9.59 Å². The summed E-state index contributed by atoms with van der Waals surface area (Å²) in [5.41, 5.74) is 9.11. The van der Waals surface area contributed by atoms with Gasteiger partial charge in [0.2, 0.25) is 11.8 Å². The highest BCUT2D eigenvalue weighted by Gasteiger charge is 2.31. The van der Waals surface area contributed by atoms with E-state index in [2.05, 4.69) is 22.3 Å². The van der Waals surface area contributed by atoms with Gasteiger partial charge in [-0.2, -0.15) is 10.4 Å². The van der Waals surface area contributed by atoms with Crippen LogP contribution in [0.2, 0.25) is 0 Å². The summed E-state index contributed by atoms with van der Waals surface area (Å²) in [5.74, 6) is -0.0336. The van der Waals surface area contributed by atoms with Crippen LogP contribution < -0.4 is 15.8 Å². The molecule has 1 saturated heterocycles. The molecule has 0 bridgehead atoms. The van der Waals surface area contributed by atoms with Gasteiger partial charge in [0.05, 0.1) is 36.1 Å². The van der Waals surface area contributed by atoms with Crippen LogP contribution in [0.1, 0.15) is 36.5 Å². The van der Waals surface area contributed by atoms with Crippen molar-refractivity contribution in [2.75, 3.05) is 25.5 Å². The fourth-order valence-electron chi connectivity index (χ4n) is 4.45. The lowest BCUT2D eigenvalue weighted by atomic mass is 9.89. The number of nitrogens with one attached hydrogen (secondary N) is 1. The molecule has 1 fully saturated rings. The van der Waals surface area contributed by atoms with Crippen LogP contribution in [0.25, 0.3) is 16.6 Å². The molecule has 1 aliphatic heterocycles. The highest BCUT2D eigenvalue weighted by atomic mass is 16.5. The largest absolute Gasteiger partial charge is 0.481 e. The Morgan fingerprint density at radius 3 is 2.79 bits per heavy atom. The number of methoxy groups -OCH3 is 1. The summed E-state index contributed by atoms with van der Waals surface area (Å²) in [7, 11) is 1.56. The van der Waals surface area contributed by atoms with Crippen LogP contribution in [0, 0.1) is 17.2 Å². The normalized spacial score (nSPS) is 17.9. The number of ether oxygens (including phenoxy) is 1. The van der Waals surface area contributed by atoms with Crippen molar-refractivity contribution in [3.05, 3.63) is 42.4 Å². The van der Waals surface area contributed by atoms with E-state index in [9.17, 15) is 9.59 Å². The van der Waals surface area contributed by atoms with Crippen LogP contribution >= 0.6 is 0 Å². The fourth-order valence-corrected chi connectivity index (χ4v) is 4.45. The summed E-state index contributed by atoms with van der Waals surface area (Å²) in [4.78, 5) is 30.5. The molecule has 2 amide bonds. The van der Waals surface area contributed by atoms with E-state index in [4.69, 9.17) is 15.7 Å². The van der Waals surface area contributed by atoms with Crippen molar-refractivity contribution in [1.29, 1.82) is 5.26 Å². The van der Waals surface area contributed by atoms with Gasteiger partial charge in [-0.05, 0) is 30.9 Å². The summed E-state index contributed by atoms with van der Waals surface area (Å²) in [6.45, 7) is 3.18. The zero-order valence-electron chi connectivity index (χ0n) is 19.2. The number of amides is 2. The van der Waals surface area contributed by atoms with E-state index >= 15 is 0 Å². The average molecular weight is 462 g/mol. The van der Waals surface area contributed by atoms with Gasteiger partial charge in [0.15, 0.2) is 0 Å². The molecular formula is C24H27N7O3. The van der Waals surface area contributed by atoms with Gasteiger partial charge in [0.25, 0.3) is 5.91 Å². The van der Waals surface area contributed by atoms with E-state index in [-0.39, 0.29) is 24.3 Å². The second kappa shape index (κ2) is 9.79. The highest BCUT2D eigenvalue weighted by Crippen LogP contribution is 2.32. The van der Waals surface area contributed by atoms with Crippen LogP contribution in [0.4, 0.5) is 5.69 Å². The topological polar surface area (TPSA) is 139 Å². The number of nitrogens with zero attached hydrogens (tertiary/aromatic N) is 5. The van der Waals surface area contributed by atoms with E-state index in [0.717, 1.165) is 23.1 Å². The third kappa shape index (κ3) is 4.50. The first-order chi connectivity index (χ1) is 16.4. The van der Waals surface area contributed by atoms with Crippen LogP contribution in [-0.4, -0.2) is 57.6 Å². The Labute approximate surface area is 197 Å². The van der Waals surface area contributed by atoms with Crippen molar-refractivity contribution >= 4 is 23.0 Å². The molecule has 0 aliphatic carbocycles. The van der Waals surface area contributed by atoms with Crippen molar-refractivity contribution in [2.24, 2.45) is 11.7 Å². The number of rotatable bonds is 7. The predicted octanol–water partition coefficient (Wildman–Crippen LogP) is 2.46. The molecular weight excluding hydrogens is 434 g/mol. The quantitative estimate of drug-likeness (QED) is 0.551. The number of hydrogen-bond donors (Lipinski definition) is 2. The number of fused-ring (bicyclic) bond motifs is 1. The third-order valence-corrected chi connectivity index (χ3v) is 6.35. The maximum atomic E-state index is 12.2. The summed E-state index contributed by atoms with van der Waals surface area (Å²) in [6, 6.07) is 7.59. The summed E-state index contributed by atoms with van der Waals surface area (Å²) >= 11 is 0. The summed E-state index contributed by atoms with van der Waals surface area (Å²) < 4.78 is 6.85. The molecule has 10 heteroatoms. The highest BCUT2D eigenvalue weighted by molar-refractivity contribution is 6.02. The minimum atomic E-state index is -0.568. The second-order valence-electron chi connectivity index (χ2n) is 8.33. The maximum absolute atomic E-state index is 12.2. The van der Waals surface area contributed by atoms with Gasteiger partial charge < -0.3 is 20.7 Å². The molecule has 3 aromatic heterocycles. The number of primary amides is 1. The Morgan fingerprint density at radius 1 is 1.32 bits per heavy atom. The Bertz CT molecular complexity index is 1250. The Morgan fingerprint density at radius 2 is 2.15 bits per heavy atom. The predicted molar refractivity (Wildman–Crippen MR) is 126 cm³/mol. The molecule has 0 radical (unpaired) electrons. The Balaban J connectivity index is 1.67. The molecule has 0 unspecified atom stereocenters. The first kappa shape index (κ1) is 23.0. The molecule has 0 aromatic carbocycles. The molecule has 4 heterocycles. The molecule has 176 valence electrons. The Kier molecular flexibility index (Phi) is 6.63. The first-order valence-electron chi connectivity index (χ1n) is 11.2. The maximum Gasteiger partial charge on any atom is 0.252 e. The molecule has 2 atom stereocenters. The third-order valence-electron chi connectivity index (χ3n) is 6.35. The standard InChI is InChI=1S/C24H27N7O3/c1-3-15-13-30(22(32)6-8-25)9-7-19(15)29-23-18(24(26)33)12-28-31-14-17(10-20(23)31)16-4-5-21(34-2)27-11-16/h4-5,10-12,14-15,19,29H,3,6-7,9,13H2,1-2H3,(H2,26,33)/t15-,19-/m1/s1. The van der Waals surface area contributed by atoms with Crippen molar-refractivity contribution in [1.82, 2.24) is 19.5 Å². The van der Waals surface area contributed by atoms with Gasteiger partial charge in [-0.1, -0.05) is 6.92 Å². The zero-order chi connectivity index (χ0) is 24.2. The summed E-state index contributed by atoms with van der Waals surface area (Å²) in [6.07, 6.45) is 6.48. The monoisotopic (exact) mass is 461 g/mol. The Hall–Kier alpha value is -4.13. The lowest BCUT2D eigenvalue weighted by Crippen LogP contribution is -2.48. The van der Waals surface area contributed by atoms with Gasteiger partial charge in [0, 0.05) is 48.7 Å². The van der Waals surface area contributed by atoms with Gasteiger partial charge in [-0.15, -0.1) is 0 Å². The van der Waals surface area contributed by atoms with Gasteiger partial charge >= 0.3 is 0 Å². The number of piperidine rings is 1. The van der Waals surface area contributed by atoms with Crippen LogP contribution in [-0.2, 0) is 4.79 Å². The molecule has 0 spiro atoms. The van der Waals surface area contributed by atoms with E-state index in [1.165, 1.54) is 6.20 Å². The van der Waals surface area contributed by atoms with E-state index in [1.54, 1.807) is 28.8 Å². The number of anilines is 1. The molecule has 3 aromatic rings. The smallest absolute Gasteiger partial charge is 0.252 e. The minimum absolute atomic E-state index is 0.0291. The molecule has 1 aliphatic rings. The van der Waals surface area contributed by atoms with Crippen molar-refractivity contribution < 1.29 is 14.3 Å². The molecule has 4 rings (SSSR count). The van der Waals surface area contributed by atoms with E-state index in [1.807, 2.05) is 24.4 Å². The van der Waals surface area contributed by atoms with Crippen molar-refractivity contribution in [3.63, 3.8) is 0 Å². The van der Waals surface area contributed by atoms with Crippen molar-refractivity contribution in [2.45, 2.75) is 32.2 Å². The average Bonchev–Trinajstić information content (AvgIpc) is 3.29. The SMILES string of the molecule is CC[C@@H]1CN(C(=O)CC#N)CC[C@H]1Nc1c(C(N)=O)cnn2cc(-c3ccc(OC)nc3)cc12. The van der Waals surface area contributed by atoms with Crippen LogP contribution in [0.3, 0.4) is 0 Å². The van der Waals surface area contributed by atoms with Crippen LogP contribution in [0.5, 0.6) is 5.88 Å². The minimum Gasteiger partial charge on any atom is -0.481 e. The van der Waals surface area contributed by atoms with E-state index in [0.29, 0.717) is 36.6 Å². The summed E-state index contributed by atoms with van der Waals surface area (Å²) in [5, 5.41) is 16.8.